The van der Waals surface area contributed by atoms with Crippen molar-refractivity contribution in [3.8, 4) is 22.2 Å². The number of sulfonamides is 1. The number of hydrogen-bond acceptors (Lipinski definition) is 12. The van der Waals surface area contributed by atoms with Crippen LogP contribution in [0.15, 0.2) is 35.7 Å². The van der Waals surface area contributed by atoms with Crippen LogP contribution in [-0.4, -0.2) is 95.3 Å². The molecule has 0 unspecified atom stereocenters. The molecular weight excluding hydrogens is 809 g/mol. The van der Waals surface area contributed by atoms with Crippen LogP contribution in [0.5, 0.6) is 11.5 Å². The molecule has 1 aromatic carbocycles. The number of hydrogen-bond donors (Lipinski definition) is 3. The molecule has 0 spiro atoms. The van der Waals surface area contributed by atoms with E-state index in [0.29, 0.717) is 66.1 Å². The van der Waals surface area contributed by atoms with Crippen molar-refractivity contribution in [3.63, 3.8) is 0 Å². The lowest BCUT2D eigenvalue weighted by Gasteiger charge is -2.30. The van der Waals surface area contributed by atoms with Gasteiger partial charge in [-0.25, -0.2) is 23.2 Å². The molecular formula is C43H54N6O9S2. The van der Waals surface area contributed by atoms with Crippen molar-refractivity contribution in [2.24, 2.45) is 5.92 Å². The molecule has 15 nitrogen and oxygen atoms in total. The Kier molecular flexibility index (Phi) is 11.4. The lowest BCUT2D eigenvalue weighted by Crippen LogP contribution is -2.58. The van der Waals surface area contributed by atoms with Crippen molar-refractivity contribution in [2.45, 2.75) is 139 Å². The third kappa shape index (κ3) is 8.97. The van der Waals surface area contributed by atoms with Crippen LogP contribution in [-0.2, 0) is 29.1 Å². The SMILES string of the molecule is COc1ccc2c(O[C@@H]3C[C@H]4C(=O)N[C@]5(C(=O)NS(=O)(=O)C6CC6)C[C@H]5C=CCCCCC[C@H](NC(=O)OC(C)(C)C)C(=O)N4C3)cc(-c3nc(C4CC4)cs3)nc2c1C. The predicted octanol–water partition coefficient (Wildman–Crippen LogP) is 5.80. The van der Waals surface area contributed by atoms with E-state index in [2.05, 4.69) is 20.7 Å². The molecule has 3 aromatic rings. The van der Waals surface area contributed by atoms with Crippen LogP contribution in [0, 0.1) is 12.8 Å². The Morgan fingerprint density at radius 3 is 2.53 bits per heavy atom. The Labute approximate surface area is 354 Å². The highest BCUT2D eigenvalue weighted by molar-refractivity contribution is 7.91. The van der Waals surface area contributed by atoms with Gasteiger partial charge in [0.15, 0.2) is 0 Å². The number of methoxy groups -OCH3 is 1. The van der Waals surface area contributed by atoms with Gasteiger partial charge in [-0.2, -0.15) is 0 Å². The number of thiazole rings is 1. The minimum Gasteiger partial charge on any atom is -0.496 e. The van der Waals surface area contributed by atoms with Crippen molar-refractivity contribution in [3.05, 3.63) is 47.0 Å². The molecule has 8 rings (SSSR count). The number of rotatable bonds is 9. The fourth-order valence-corrected chi connectivity index (χ4v) is 10.5. The maximum absolute atomic E-state index is 14.7. The van der Waals surface area contributed by atoms with Gasteiger partial charge in [0.2, 0.25) is 21.8 Å². The molecule has 0 radical (unpaired) electrons. The zero-order chi connectivity index (χ0) is 42.6. The Morgan fingerprint density at radius 2 is 1.82 bits per heavy atom. The number of aromatic nitrogens is 2. The van der Waals surface area contributed by atoms with Crippen molar-refractivity contribution in [1.82, 2.24) is 30.2 Å². The second kappa shape index (κ2) is 16.3. The Morgan fingerprint density at radius 1 is 1.03 bits per heavy atom. The maximum atomic E-state index is 14.7. The van der Waals surface area contributed by atoms with E-state index >= 15 is 0 Å². The number of ether oxygens (including phenoxy) is 3. The smallest absolute Gasteiger partial charge is 0.408 e. The third-order valence-electron chi connectivity index (χ3n) is 11.9. The average Bonchev–Trinajstić information content (AvgIpc) is 4.14. The van der Waals surface area contributed by atoms with E-state index in [1.165, 1.54) is 16.2 Å². The second-order valence-electron chi connectivity index (χ2n) is 17.8. The molecule has 5 aliphatic rings. The summed E-state index contributed by atoms with van der Waals surface area (Å²) in [5.74, 6) is -0.725. The topological polar surface area (TPSA) is 195 Å². The van der Waals surface area contributed by atoms with E-state index in [4.69, 9.17) is 24.2 Å². The second-order valence-corrected chi connectivity index (χ2v) is 20.7. The minimum absolute atomic E-state index is 0.0145. The van der Waals surface area contributed by atoms with Crippen molar-refractivity contribution >= 4 is 56.1 Å². The molecule has 60 heavy (non-hydrogen) atoms. The van der Waals surface area contributed by atoms with Gasteiger partial charge in [0, 0.05) is 40.7 Å². The van der Waals surface area contributed by atoms with Gasteiger partial charge in [0.05, 0.1) is 30.1 Å². The summed E-state index contributed by atoms with van der Waals surface area (Å²) in [6.07, 6.45) is 8.95. The van der Waals surface area contributed by atoms with Crippen LogP contribution >= 0.6 is 11.3 Å². The molecule has 4 amide bonds. The summed E-state index contributed by atoms with van der Waals surface area (Å²) >= 11 is 1.52. The first-order chi connectivity index (χ1) is 28.5. The number of alkyl carbamates (subject to hydrolysis) is 1. The van der Waals surface area contributed by atoms with Gasteiger partial charge in [-0.3, -0.25) is 19.1 Å². The Hall–Kier alpha value is -4.77. The zero-order valence-electron chi connectivity index (χ0n) is 34.7. The van der Waals surface area contributed by atoms with Gasteiger partial charge in [-0.1, -0.05) is 25.0 Å². The number of nitrogens with zero attached hydrogens (tertiary/aromatic N) is 3. The number of carbonyl (C=O) groups is 4. The molecule has 2 aliphatic heterocycles. The normalized spacial score (nSPS) is 26.2. The van der Waals surface area contributed by atoms with E-state index < -0.39 is 74.3 Å². The highest BCUT2D eigenvalue weighted by Crippen LogP contribution is 2.47. The molecule has 4 fully saturated rings. The van der Waals surface area contributed by atoms with Crippen LogP contribution in [0.2, 0.25) is 0 Å². The van der Waals surface area contributed by atoms with Gasteiger partial charge in [0.25, 0.3) is 5.91 Å². The summed E-state index contributed by atoms with van der Waals surface area (Å²) in [7, 11) is -2.31. The van der Waals surface area contributed by atoms with E-state index in [-0.39, 0.29) is 19.4 Å². The number of carbonyl (C=O) groups excluding carboxylic acids is 4. The molecule has 3 saturated carbocycles. The van der Waals surface area contributed by atoms with Crippen LogP contribution < -0.4 is 24.8 Å². The summed E-state index contributed by atoms with van der Waals surface area (Å²) in [6, 6.07) is 3.42. The fourth-order valence-electron chi connectivity index (χ4n) is 8.25. The third-order valence-corrected chi connectivity index (χ3v) is 14.6. The van der Waals surface area contributed by atoms with E-state index in [0.717, 1.165) is 41.9 Å². The highest BCUT2D eigenvalue weighted by atomic mass is 32.2. The van der Waals surface area contributed by atoms with Crippen molar-refractivity contribution in [2.75, 3.05) is 13.7 Å². The lowest BCUT2D eigenvalue weighted by atomic mass is 10.0. The molecule has 3 N–H and O–H groups in total. The standard InChI is InChI=1S/C43H54N6O9S2/c1-24-34(56-5)18-17-29-35(20-31(44-36(24)29)38-45-32(23-59-38)25-13-14-25)57-27-19-33-37(50)47-43(40(52)48-60(54,55)28-15-16-28)21-26(43)11-9-7-6-8-10-12-30(39(51)49(33)22-27)46-41(53)58-42(2,3)4/h9,11,17-18,20,23,25-28,30,33H,6-8,10,12-16,19,21-22H2,1-5H3,(H,46,53)(H,47,50)(H,48,52)/t26-,27-,30+,33+,43-/m1/s1. The number of pyridine rings is 1. The first kappa shape index (κ1) is 41.9. The van der Waals surface area contributed by atoms with Gasteiger partial charge in [-0.05, 0) is 91.2 Å². The number of benzene rings is 1. The van der Waals surface area contributed by atoms with Crippen molar-refractivity contribution in [1.29, 1.82) is 0 Å². The van der Waals surface area contributed by atoms with E-state index in [9.17, 15) is 27.6 Å². The van der Waals surface area contributed by atoms with Crippen LogP contribution in [0.4, 0.5) is 4.79 Å². The minimum atomic E-state index is -3.91. The van der Waals surface area contributed by atoms with Gasteiger partial charge >= 0.3 is 6.09 Å². The maximum Gasteiger partial charge on any atom is 0.408 e. The predicted molar refractivity (Wildman–Crippen MR) is 225 cm³/mol. The van der Waals surface area contributed by atoms with Gasteiger partial charge in [0.1, 0.15) is 51.5 Å². The quantitative estimate of drug-likeness (QED) is 0.220. The molecule has 0 bridgehead atoms. The van der Waals surface area contributed by atoms with E-state index in [1.54, 1.807) is 27.9 Å². The number of amides is 4. The first-order valence-corrected chi connectivity index (χ1v) is 23.4. The highest BCUT2D eigenvalue weighted by Gasteiger charge is 2.62. The summed E-state index contributed by atoms with van der Waals surface area (Å²) in [5.41, 5.74) is 0.809. The molecule has 322 valence electrons. The Balaban J connectivity index is 1.14. The summed E-state index contributed by atoms with van der Waals surface area (Å²) < 4.78 is 46.2. The molecule has 2 aromatic heterocycles. The molecule has 4 heterocycles. The number of fused-ring (bicyclic) bond motifs is 3. The zero-order valence-corrected chi connectivity index (χ0v) is 36.4. The number of aryl methyl sites for hydroxylation is 1. The van der Waals surface area contributed by atoms with Crippen molar-refractivity contribution < 1.29 is 41.8 Å². The van der Waals surface area contributed by atoms with Crippen LogP contribution in [0.1, 0.15) is 109 Å². The van der Waals surface area contributed by atoms with Crippen LogP contribution in [0.3, 0.4) is 0 Å². The molecule has 17 heteroatoms. The molecule has 1 saturated heterocycles. The Bertz CT molecular complexity index is 2330. The van der Waals surface area contributed by atoms with Gasteiger partial charge in [-0.15, -0.1) is 11.3 Å². The van der Waals surface area contributed by atoms with E-state index in [1.807, 2.05) is 37.3 Å². The fraction of sp³-hybridized carbons (Fsp3) is 0.581. The first-order valence-electron chi connectivity index (χ1n) is 21.0. The number of allylic oxidation sites excluding steroid dienone is 1. The summed E-state index contributed by atoms with van der Waals surface area (Å²) in [6.45, 7) is 7.12. The van der Waals surface area contributed by atoms with Gasteiger partial charge < -0.3 is 29.7 Å². The molecule has 3 aliphatic carbocycles. The molecule has 5 atom stereocenters. The summed E-state index contributed by atoms with van der Waals surface area (Å²) in [4.78, 5) is 67.7. The largest absolute Gasteiger partial charge is 0.496 e. The monoisotopic (exact) mass is 862 g/mol. The summed E-state index contributed by atoms with van der Waals surface area (Å²) in [5, 5.41) is 8.59. The lowest BCUT2D eigenvalue weighted by molar-refractivity contribution is -0.141. The number of nitrogens with one attached hydrogen (secondary N) is 3. The average molecular weight is 863 g/mol. The van der Waals surface area contributed by atoms with Crippen LogP contribution in [0.25, 0.3) is 21.6 Å².